The summed E-state index contributed by atoms with van der Waals surface area (Å²) in [5.41, 5.74) is 6.73. The number of hydrogen-bond acceptors (Lipinski definition) is 4. The van der Waals surface area contributed by atoms with Gasteiger partial charge in [-0.05, 0) is 25.1 Å². The van der Waals surface area contributed by atoms with Gasteiger partial charge in [-0.15, -0.1) is 0 Å². The van der Waals surface area contributed by atoms with Gasteiger partial charge in [-0.3, -0.25) is 4.79 Å². The largest absolute Gasteiger partial charge is 0.330 e. The summed E-state index contributed by atoms with van der Waals surface area (Å²) < 4.78 is 0. The number of carbonyl (C=O) groups excluding carboxylic acids is 1. The fourth-order valence-corrected chi connectivity index (χ4v) is 1.70. The van der Waals surface area contributed by atoms with Crippen LogP contribution in [0, 0.1) is 0 Å². The lowest BCUT2D eigenvalue weighted by atomic mass is 10.3. The zero-order valence-electron chi connectivity index (χ0n) is 9.69. The molecule has 1 aromatic heterocycles. The van der Waals surface area contributed by atoms with Gasteiger partial charge in [0.2, 0.25) is 5.91 Å². The van der Waals surface area contributed by atoms with Crippen molar-refractivity contribution in [2.24, 2.45) is 5.73 Å². The van der Waals surface area contributed by atoms with Crippen LogP contribution in [0.4, 0.5) is 5.82 Å². The van der Waals surface area contributed by atoms with Crippen molar-refractivity contribution < 1.29 is 4.79 Å². The third-order valence-corrected chi connectivity index (χ3v) is 2.66. The number of nitrogens with two attached hydrogens (primary N) is 1. The van der Waals surface area contributed by atoms with E-state index in [1.165, 1.54) is 0 Å². The molecule has 0 bridgehead atoms. The molecule has 0 spiro atoms. The first-order chi connectivity index (χ1) is 8.70. The molecule has 0 fully saturated rings. The molecule has 0 radical (unpaired) electrons. The Hall–Kier alpha value is -1.72. The highest BCUT2D eigenvalue weighted by atomic mass is 35.5. The molecule has 2 rings (SSSR count). The molecular formula is C12H13ClN4O. The minimum atomic E-state index is -0.160. The summed E-state index contributed by atoms with van der Waals surface area (Å²) >= 11 is 5.97. The fourth-order valence-electron chi connectivity index (χ4n) is 1.52. The zero-order valence-corrected chi connectivity index (χ0v) is 10.4. The summed E-state index contributed by atoms with van der Waals surface area (Å²) in [4.78, 5) is 20.0. The number of hydrogen-bond donors (Lipinski definition) is 2. The standard InChI is InChI=1S/C12H13ClN4O/c13-11-12(17-10(18)6-3-7-14)16-9-5-2-1-4-8(9)15-11/h1-2,4-5H,3,6-7,14H2,(H,16,17,18). The third kappa shape index (κ3) is 2.94. The number of carbonyl (C=O) groups is 1. The highest BCUT2D eigenvalue weighted by Crippen LogP contribution is 2.21. The molecule has 94 valence electrons. The first kappa shape index (κ1) is 12.7. The van der Waals surface area contributed by atoms with Crippen LogP contribution in [0.5, 0.6) is 0 Å². The Bertz CT molecular complexity index is 573. The molecule has 0 saturated heterocycles. The van der Waals surface area contributed by atoms with Crippen molar-refractivity contribution in [3.05, 3.63) is 29.4 Å². The molecule has 1 aromatic carbocycles. The topological polar surface area (TPSA) is 80.9 Å². The lowest BCUT2D eigenvalue weighted by molar-refractivity contribution is -0.116. The van der Waals surface area contributed by atoms with Crippen molar-refractivity contribution in [1.29, 1.82) is 0 Å². The second-order valence-electron chi connectivity index (χ2n) is 3.79. The number of anilines is 1. The Morgan fingerprint density at radius 3 is 2.61 bits per heavy atom. The van der Waals surface area contributed by atoms with Crippen molar-refractivity contribution >= 4 is 34.4 Å². The predicted molar refractivity (Wildman–Crippen MR) is 71.5 cm³/mol. The first-order valence-corrected chi connectivity index (χ1v) is 6.00. The molecule has 5 nitrogen and oxygen atoms in total. The van der Waals surface area contributed by atoms with Gasteiger partial charge in [0.1, 0.15) is 0 Å². The maximum atomic E-state index is 11.6. The number of benzene rings is 1. The summed E-state index contributed by atoms with van der Waals surface area (Å²) in [6.07, 6.45) is 0.978. The molecule has 6 heteroatoms. The summed E-state index contributed by atoms with van der Waals surface area (Å²) in [5, 5.41) is 2.83. The normalized spacial score (nSPS) is 10.6. The van der Waals surface area contributed by atoms with Gasteiger partial charge in [0, 0.05) is 6.42 Å². The molecule has 0 aliphatic rings. The number of aromatic nitrogens is 2. The number of nitrogens with one attached hydrogen (secondary N) is 1. The molecule has 0 unspecified atom stereocenters. The molecule has 0 saturated carbocycles. The third-order valence-electron chi connectivity index (χ3n) is 2.39. The second kappa shape index (κ2) is 5.75. The fraction of sp³-hybridized carbons (Fsp3) is 0.250. The lowest BCUT2D eigenvalue weighted by Crippen LogP contribution is -2.15. The highest BCUT2D eigenvalue weighted by molar-refractivity contribution is 6.32. The molecule has 1 amide bonds. The van der Waals surface area contributed by atoms with Crippen LogP contribution >= 0.6 is 11.6 Å². The van der Waals surface area contributed by atoms with E-state index in [1.54, 1.807) is 0 Å². The van der Waals surface area contributed by atoms with E-state index in [-0.39, 0.29) is 16.9 Å². The van der Waals surface area contributed by atoms with Crippen LogP contribution in [0.15, 0.2) is 24.3 Å². The van der Waals surface area contributed by atoms with E-state index in [4.69, 9.17) is 17.3 Å². The van der Waals surface area contributed by atoms with Crippen molar-refractivity contribution in [3.63, 3.8) is 0 Å². The van der Waals surface area contributed by atoms with E-state index in [1.807, 2.05) is 24.3 Å². The van der Waals surface area contributed by atoms with Gasteiger partial charge in [0.25, 0.3) is 0 Å². The van der Waals surface area contributed by atoms with Crippen LogP contribution in [-0.2, 0) is 4.79 Å². The summed E-state index contributed by atoms with van der Waals surface area (Å²) in [6.45, 7) is 0.477. The average Bonchev–Trinajstić information content (AvgIpc) is 2.37. The van der Waals surface area contributed by atoms with E-state index >= 15 is 0 Å². The molecular weight excluding hydrogens is 252 g/mol. The maximum absolute atomic E-state index is 11.6. The molecule has 1 heterocycles. The lowest BCUT2D eigenvalue weighted by Gasteiger charge is -2.06. The van der Waals surface area contributed by atoms with Crippen molar-refractivity contribution in [3.8, 4) is 0 Å². The Morgan fingerprint density at radius 1 is 1.28 bits per heavy atom. The first-order valence-electron chi connectivity index (χ1n) is 5.63. The van der Waals surface area contributed by atoms with Gasteiger partial charge in [-0.2, -0.15) is 0 Å². The number of para-hydroxylation sites is 2. The molecule has 2 aromatic rings. The van der Waals surface area contributed by atoms with Crippen LogP contribution in [0.3, 0.4) is 0 Å². The van der Waals surface area contributed by atoms with E-state index in [0.717, 1.165) is 0 Å². The molecule has 0 aliphatic carbocycles. The Morgan fingerprint density at radius 2 is 1.94 bits per heavy atom. The van der Waals surface area contributed by atoms with Crippen molar-refractivity contribution in [2.45, 2.75) is 12.8 Å². The maximum Gasteiger partial charge on any atom is 0.225 e. The monoisotopic (exact) mass is 264 g/mol. The molecule has 0 aliphatic heterocycles. The Kier molecular flexibility index (Phi) is 4.07. The van der Waals surface area contributed by atoms with Crippen molar-refractivity contribution in [2.75, 3.05) is 11.9 Å². The second-order valence-corrected chi connectivity index (χ2v) is 4.15. The smallest absolute Gasteiger partial charge is 0.225 e. The number of halogens is 1. The van der Waals surface area contributed by atoms with Gasteiger partial charge < -0.3 is 11.1 Å². The van der Waals surface area contributed by atoms with Crippen LogP contribution in [-0.4, -0.2) is 22.4 Å². The summed E-state index contributed by atoms with van der Waals surface area (Å²) in [5.74, 6) is 0.129. The number of rotatable bonds is 4. The Balaban J connectivity index is 2.22. The average molecular weight is 265 g/mol. The molecule has 3 N–H and O–H groups in total. The minimum Gasteiger partial charge on any atom is -0.330 e. The molecule has 18 heavy (non-hydrogen) atoms. The number of amides is 1. The van der Waals surface area contributed by atoms with E-state index in [9.17, 15) is 4.79 Å². The predicted octanol–water partition coefficient (Wildman–Crippen LogP) is 1.96. The van der Waals surface area contributed by atoms with E-state index < -0.39 is 0 Å². The highest BCUT2D eigenvalue weighted by Gasteiger charge is 2.09. The van der Waals surface area contributed by atoms with Crippen LogP contribution < -0.4 is 11.1 Å². The molecule has 0 atom stereocenters. The number of fused-ring (bicyclic) bond motifs is 1. The van der Waals surface area contributed by atoms with Crippen LogP contribution in [0.25, 0.3) is 11.0 Å². The SMILES string of the molecule is NCCCC(=O)Nc1nc2ccccc2nc1Cl. The van der Waals surface area contributed by atoms with Gasteiger partial charge >= 0.3 is 0 Å². The summed E-state index contributed by atoms with van der Waals surface area (Å²) in [7, 11) is 0. The van der Waals surface area contributed by atoms with Gasteiger partial charge in [0.05, 0.1) is 11.0 Å². The number of nitrogens with zero attached hydrogens (tertiary/aromatic N) is 2. The van der Waals surface area contributed by atoms with Gasteiger partial charge in [0.15, 0.2) is 11.0 Å². The van der Waals surface area contributed by atoms with Crippen LogP contribution in [0.1, 0.15) is 12.8 Å². The summed E-state index contributed by atoms with van der Waals surface area (Å²) in [6, 6.07) is 7.33. The Labute approximate surface area is 109 Å². The van der Waals surface area contributed by atoms with E-state index in [2.05, 4.69) is 15.3 Å². The quantitative estimate of drug-likeness (QED) is 0.885. The minimum absolute atomic E-state index is 0.160. The van der Waals surface area contributed by atoms with Crippen molar-refractivity contribution in [1.82, 2.24) is 9.97 Å². The van der Waals surface area contributed by atoms with Gasteiger partial charge in [-0.1, -0.05) is 23.7 Å². The zero-order chi connectivity index (χ0) is 13.0. The van der Waals surface area contributed by atoms with E-state index in [0.29, 0.717) is 30.4 Å². The van der Waals surface area contributed by atoms with Crippen LogP contribution in [0.2, 0.25) is 5.15 Å². The van der Waals surface area contributed by atoms with Gasteiger partial charge in [-0.25, -0.2) is 9.97 Å².